The van der Waals surface area contributed by atoms with Gasteiger partial charge in [0.1, 0.15) is 0 Å². The van der Waals surface area contributed by atoms with Crippen molar-refractivity contribution in [2.45, 2.75) is 24.3 Å². The minimum Gasteiger partial charge on any atom is -1.00 e. The van der Waals surface area contributed by atoms with Gasteiger partial charge in [-0.15, -0.1) is 0 Å². The molecule has 0 rings (SSSR count). The van der Waals surface area contributed by atoms with Gasteiger partial charge in [-0.1, -0.05) is 13.3 Å². The molecular formula is C4H12Li2O6S2. The van der Waals surface area contributed by atoms with Crippen LogP contribution in [0.5, 0.6) is 0 Å². The molecule has 0 aromatic heterocycles. The fraction of sp³-hybridized carbons (Fsp3) is 1.00. The monoisotopic (exact) mass is 234 g/mol. The van der Waals surface area contributed by atoms with Crippen molar-refractivity contribution in [1.29, 1.82) is 0 Å². The first kappa shape index (κ1) is 20.4. The van der Waals surface area contributed by atoms with Crippen molar-refractivity contribution in [2.75, 3.05) is 0 Å². The number of rotatable bonds is 4. The van der Waals surface area contributed by atoms with Gasteiger partial charge < -0.3 is 2.85 Å². The van der Waals surface area contributed by atoms with Crippen molar-refractivity contribution in [3.8, 4) is 0 Å². The van der Waals surface area contributed by atoms with Gasteiger partial charge >= 0.3 is 37.7 Å². The molecule has 6 nitrogen and oxygen atoms in total. The van der Waals surface area contributed by atoms with E-state index < -0.39 is 24.8 Å². The van der Waals surface area contributed by atoms with Crippen LogP contribution in [0, 0.1) is 0 Å². The standard InChI is InChI=1S/C4H10O6S2.2Li.2H/c1-2-3-4(11(5,6)7)12(8,9)10;;;;/h4H,2-3H2,1H3,(H,5,6,7)(H,8,9,10);;;;/q;2*+1;2*-1. The molecule has 0 fully saturated rings. The van der Waals surface area contributed by atoms with E-state index in [-0.39, 0.29) is 53.4 Å². The second-order valence-corrected chi connectivity index (χ2v) is 5.74. The van der Waals surface area contributed by atoms with E-state index in [9.17, 15) is 16.8 Å². The summed E-state index contributed by atoms with van der Waals surface area (Å²) in [6.45, 7) is 1.53. The van der Waals surface area contributed by atoms with Crippen molar-refractivity contribution in [3.63, 3.8) is 0 Å². The summed E-state index contributed by atoms with van der Waals surface area (Å²) < 4.78 is 56.2. The smallest absolute Gasteiger partial charge is 1.00 e. The Morgan fingerprint density at radius 1 is 1.07 bits per heavy atom. The van der Waals surface area contributed by atoms with Crippen molar-refractivity contribution in [3.05, 3.63) is 0 Å². The van der Waals surface area contributed by atoms with Gasteiger partial charge in [0.05, 0.1) is 0 Å². The molecule has 0 aromatic rings. The normalized spacial score (nSPS) is 11.7. The Hall–Kier alpha value is 1.01. The van der Waals surface area contributed by atoms with Crippen LogP contribution in [-0.2, 0) is 20.2 Å². The van der Waals surface area contributed by atoms with Crippen molar-refractivity contribution in [1.82, 2.24) is 0 Å². The zero-order chi connectivity index (χ0) is 9.99. The molecule has 0 aliphatic carbocycles. The molecule has 14 heavy (non-hydrogen) atoms. The molecule has 0 amide bonds. The van der Waals surface area contributed by atoms with Gasteiger partial charge in [0.25, 0.3) is 20.2 Å². The molecule has 0 unspecified atom stereocenters. The van der Waals surface area contributed by atoms with Crippen LogP contribution in [0.25, 0.3) is 0 Å². The van der Waals surface area contributed by atoms with Gasteiger partial charge in [-0.2, -0.15) is 16.8 Å². The Morgan fingerprint density at radius 2 is 1.36 bits per heavy atom. The van der Waals surface area contributed by atoms with E-state index >= 15 is 0 Å². The van der Waals surface area contributed by atoms with E-state index in [4.69, 9.17) is 9.11 Å². The Morgan fingerprint density at radius 3 is 1.43 bits per heavy atom. The Balaban J connectivity index is -0.000000101. The van der Waals surface area contributed by atoms with E-state index in [2.05, 4.69) is 0 Å². The average Bonchev–Trinajstić information content (AvgIpc) is 1.77. The molecule has 0 saturated carbocycles. The van der Waals surface area contributed by atoms with Crippen LogP contribution in [0.3, 0.4) is 0 Å². The predicted octanol–water partition coefficient (Wildman–Crippen LogP) is -5.88. The maximum absolute atomic E-state index is 10.4. The Kier molecular flexibility index (Phi) is 10.7. The molecule has 0 atom stereocenters. The van der Waals surface area contributed by atoms with Crippen LogP contribution in [0.2, 0.25) is 0 Å². The summed E-state index contributed by atoms with van der Waals surface area (Å²) >= 11 is 0. The van der Waals surface area contributed by atoms with Gasteiger partial charge in [0.2, 0.25) is 4.58 Å². The topological polar surface area (TPSA) is 109 Å². The largest absolute Gasteiger partial charge is 1.00 e. The van der Waals surface area contributed by atoms with Gasteiger partial charge in [0, 0.05) is 0 Å². The van der Waals surface area contributed by atoms with Crippen molar-refractivity contribution in [2.24, 2.45) is 0 Å². The first-order chi connectivity index (χ1) is 5.19. The molecule has 0 aliphatic heterocycles. The summed E-state index contributed by atoms with van der Waals surface area (Å²) in [5.41, 5.74) is 0. The molecule has 78 valence electrons. The first-order valence-electron chi connectivity index (χ1n) is 3.12. The van der Waals surface area contributed by atoms with Crippen LogP contribution in [0.4, 0.5) is 0 Å². The third-order valence-corrected chi connectivity index (χ3v) is 4.45. The zero-order valence-corrected chi connectivity index (χ0v) is 9.97. The average molecular weight is 234 g/mol. The molecule has 0 saturated heterocycles. The van der Waals surface area contributed by atoms with Gasteiger partial charge in [-0.3, -0.25) is 9.11 Å². The minimum atomic E-state index is -4.72. The second kappa shape index (κ2) is 7.31. The minimum absolute atomic E-state index is 0. The third-order valence-electron chi connectivity index (χ3n) is 1.19. The van der Waals surface area contributed by atoms with Gasteiger partial charge in [-0.25, -0.2) is 0 Å². The zero-order valence-electron chi connectivity index (χ0n) is 10.3. The quantitative estimate of drug-likeness (QED) is 0.370. The van der Waals surface area contributed by atoms with Crippen LogP contribution in [-0.4, -0.2) is 30.5 Å². The summed E-state index contributed by atoms with van der Waals surface area (Å²) in [5, 5.41) is 0. The fourth-order valence-electron chi connectivity index (χ4n) is 0.687. The van der Waals surface area contributed by atoms with E-state index in [0.29, 0.717) is 0 Å². The molecule has 0 aromatic carbocycles. The van der Waals surface area contributed by atoms with Crippen molar-refractivity contribution < 1.29 is 66.5 Å². The van der Waals surface area contributed by atoms with E-state index in [1.165, 1.54) is 6.92 Å². The summed E-state index contributed by atoms with van der Waals surface area (Å²) in [4.78, 5) is 0. The second-order valence-electron chi connectivity index (χ2n) is 2.25. The van der Waals surface area contributed by atoms with Crippen LogP contribution >= 0.6 is 0 Å². The van der Waals surface area contributed by atoms with Crippen LogP contribution in [0.15, 0.2) is 0 Å². The van der Waals surface area contributed by atoms with Gasteiger partial charge in [-0.05, 0) is 6.42 Å². The Labute approximate surface area is 111 Å². The molecule has 0 spiro atoms. The third kappa shape index (κ3) is 7.33. The molecule has 0 radical (unpaired) electrons. The van der Waals surface area contributed by atoms with E-state index in [1.54, 1.807) is 0 Å². The molecule has 0 heterocycles. The molecule has 0 bridgehead atoms. The maximum atomic E-state index is 10.4. The molecule has 0 aliphatic rings. The SMILES string of the molecule is CCCC(S(=O)(=O)O)S(=O)(=O)O.[H-].[H-].[Li+].[Li+]. The van der Waals surface area contributed by atoms with E-state index in [0.717, 1.165) is 0 Å². The first-order valence-corrected chi connectivity index (χ1v) is 6.13. The number of hydrogen-bond acceptors (Lipinski definition) is 4. The summed E-state index contributed by atoms with van der Waals surface area (Å²) in [6.07, 6.45) is -0.0953. The van der Waals surface area contributed by atoms with E-state index in [1.807, 2.05) is 0 Å². The predicted molar refractivity (Wildman–Crippen MR) is 44.0 cm³/mol. The van der Waals surface area contributed by atoms with Gasteiger partial charge in [0.15, 0.2) is 0 Å². The molecular weight excluding hydrogens is 222 g/mol. The maximum Gasteiger partial charge on any atom is 1.00 e. The molecule has 2 N–H and O–H groups in total. The summed E-state index contributed by atoms with van der Waals surface area (Å²) in [6, 6.07) is 0. The number of hydrogen-bond donors (Lipinski definition) is 2. The Bertz CT molecular complexity index is 310. The summed E-state index contributed by atoms with van der Waals surface area (Å²) in [5.74, 6) is 0. The molecule has 10 heteroatoms. The fourth-order valence-corrected chi connectivity index (χ4v) is 2.98. The van der Waals surface area contributed by atoms with Crippen LogP contribution < -0.4 is 37.7 Å². The van der Waals surface area contributed by atoms with Crippen molar-refractivity contribution >= 4 is 20.2 Å². The summed E-state index contributed by atoms with van der Waals surface area (Å²) in [7, 11) is -9.45. The van der Waals surface area contributed by atoms with Crippen LogP contribution in [0.1, 0.15) is 22.6 Å².